The molecule has 2 N–H and O–H groups in total. The minimum absolute atomic E-state index is 0.371. The van der Waals surface area contributed by atoms with Crippen LogP contribution in [0.5, 0.6) is 0 Å². The van der Waals surface area contributed by atoms with Gasteiger partial charge in [0.2, 0.25) is 0 Å². The monoisotopic (exact) mass is 202 g/mol. The van der Waals surface area contributed by atoms with E-state index in [4.69, 9.17) is 5.73 Å². The van der Waals surface area contributed by atoms with Crippen LogP contribution >= 0.6 is 0 Å². The maximum Gasteiger partial charge on any atom is 0.266 e. The van der Waals surface area contributed by atoms with E-state index in [0.717, 1.165) is 5.69 Å². The zero-order valence-electron chi connectivity index (χ0n) is 8.21. The van der Waals surface area contributed by atoms with Crippen molar-refractivity contribution in [3.05, 3.63) is 36.2 Å². The molecule has 76 valence electrons. The zero-order chi connectivity index (χ0) is 10.8. The first-order valence-corrected chi connectivity index (χ1v) is 4.44. The minimum Gasteiger partial charge on any atom is -0.364 e. The average Bonchev–Trinajstić information content (AvgIpc) is 2.62. The van der Waals surface area contributed by atoms with Crippen LogP contribution < -0.4 is 5.73 Å². The summed E-state index contributed by atoms with van der Waals surface area (Å²) in [5.74, 6) is -0.493. The summed E-state index contributed by atoms with van der Waals surface area (Å²) in [7, 11) is 1.67. The molecule has 0 saturated heterocycles. The van der Waals surface area contributed by atoms with Gasteiger partial charge in [-0.2, -0.15) is 5.10 Å². The second-order valence-electron chi connectivity index (χ2n) is 3.12. The highest BCUT2D eigenvalue weighted by molar-refractivity contribution is 5.92. The van der Waals surface area contributed by atoms with Gasteiger partial charge in [0.15, 0.2) is 0 Å². The molecule has 0 atom stereocenters. The smallest absolute Gasteiger partial charge is 0.266 e. The van der Waals surface area contributed by atoms with Gasteiger partial charge in [0.05, 0.1) is 5.69 Å². The Morgan fingerprint density at radius 3 is 2.73 bits per heavy atom. The zero-order valence-corrected chi connectivity index (χ0v) is 8.21. The standard InChI is InChI=1S/C10H10N4O/c1-14-9(10(11)15)6-8(13-14)7-4-2-3-5-12-7/h2-6H,1H3,(H2,11,15). The maximum atomic E-state index is 11.0. The topological polar surface area (TPSA) is 73.8 Å². The predicted molar refractivity (Wildman–Crippen MR) is 55.0 cm³/mol. The van der Waals surface area contributed by atoms with E-state index in [0.29, 0.717) is 11.4 Å². The van der Waals surface area contributed by atoms with Crippen molar-refractivity contribution in [3.63, 3.8) is 0 Å². The molecule has 2 aromatic heterocycles. The van der Waals surface area contributed by atoms with Crippen molar-refractivity contribution in [2.45, 2.75) is 0 Å². The molecule has 0 aliphatic carbocycles. The van der Waals surface area contributed by atoms with Gasteiger partial charge in [0.25, 0.3) is 5.91 Å². The lowest BCUT2D eigenvalue weighted by Gasteiger charge is -1.93. The summed E-state index contributed by atoms with van der Waals surface area (Å²) in [5.41, 5.74) is 6.92. The van der Waals surface area contributed by atoms with Crippen molar-refractivity contribution in [3.8, 4) is 11.4 Å². The Bertz CT molecular complexity index is 489. The highest BCUT2D eigenvalue weighted by atomic mass is 16.1. The van der Waals surface area contributed by atoms with Crippen molar-refractivity contribution in [2.24, 2.45) is 12.8 Å². The van der Waals surface area contributed by atoms with E-state index >= 15 is 0 Å². The molecule has 1 amide bonds. The maximum absolute atomic E-state index is 11.0. The van der Waals surface area contributed by atoms with Gasteiger partial charge in [-0.25, -0.2) is 0 Å². The third-order valence-electron chi connectivity index (χ3n) is 2.06. The molecule has 2 rings (SSSR count). The van der Waals surface area contributed by atoms with Gasteiger partial charge in [0, 0.05) is 13.2 Å². The van der Waals surface area contributed by atoms with Crippen LogP contribution in [0.2, 0.25) is 0 Å². The number of hydrogen-bond donors (Lipinski definition) is 1. The SMILES string of the molecule is Cn1nc(-c2ccccn2)cc1C(N)=O. The van der Waals surface area contributed by atoms with Crippen molar-refractivity contribution in [2.75, 3.05) is 0 Å². The number of hydrogen-bond acceptors (Lipinski definition) is 3. The van der Waals surface area contributed by atoms with E-state index in [2.05, 4.69) is 10.1 Å². The van der Waals surface area contributed by atoms with Crippen molar-refractivity contribution < 1.29 is 4.79 Å². The Morgan fingerprint density at radius 2 is 2.20 bits per heavy atom. The van der Waals surface area contributed by atoms with Crippen molar-refractivity contribution in [1.82, 2.24) is 14.8 Å². The fraction of sp³-hybridized carbons (Fsp3) is 0.100. The van der Waals surface area contributed by atoms with Crippen LogP contribution in [-0.4, -0.2) is 20.7 Å². The fourth-order valence-electron chi connectivity index (χ4n) is 1.34. The van der Waals surface area contributed by atoms with E-state index in [1.807, 2.05) is 18.2 Å². The molecule has 0 aromatic carbocycles. The van der Waals surface area contributed by atoms with Gasteiger partial charge in [0.1, 0.15) is 11.4 Å². The van der Waals surface area contributed by atoms with Gasteiger partial charge >= 0.3 is 0 Å². The van der Waals surface area contributed by atoms with Crippen LogP contribution in [0.1, 0.15) is 10.5 Å². The second-order valence-corrected chi connectivity index (χ2v) is 3.12. The fourth-order valence-corrected chi connectivity index (χ4v) is 1.34. The Kier molecular flexibility index (Phi) is 2.21. The summed E-state index contributed by atoms with van der Waals surface area (Å²) < 4.78 is 1.45. The minimum atomic E-state index is -0.493. The highest BCUT2D eigenvalue weighted by Crippen LogP contribution is 2.15. The lowest BCUT2D eigenvalue weighted by molar-refractivity contribution is 0.0991. The first kappa shape index (κ1) is 9.39. The van der Waals surface area contributed by atoms with Gasteiger partial charge in [-0.15, -0.1) is 0 Å². The molecule has 2 heterocycles. The Morgan fingerprint density at radius 1 is 1.40 bits per heavy atom. The van der Waals surface area contributed by atoms with Gasteiger partial charge in [-0.1, -0.05) is 6.07 Å². The largest absolute Gasteiger partial charge is 0.364 e. The number of carbonyl (C=O) groups excluding carboxylic acids is 1. The number of nitrogens with zero attached hydrogens (tertiary/aromatic N) is 3. The van der Waals surface area contributed by atoms with Crippen molar-refractivity contribution >= 4 is 5.91 Å². The number of pyridine rings is 1. The van der Waals surface area contributed by atoms with Crippen LogP contribution in [0.15, 0.2) is 30.5 Å². The molecule has 0 aliphatic heterocycles. The number of aryl methyl sites for hydroxylation is 1. The summed E-state index contributed by atoms with van der Waals surface area (Å²) in [6, 6.07) is 7.14. The van der Waals surface area contributed by atoms with Crippen LogP contribution in [0.25, 0.3) is 11.4 Å². The van der Waals surface area contributed by atoms with E-state index in [-0.39, 0.29) is 0 Å². The third kappa shape index (κ3) is 1.71. The quantitative estimate of drug-likeness (QED) is 0.774. The molecule has 0 saturated carbocycles. The van der Waals surface area contributed by atoms with E-state index < -0.39 is 5.91 Å². The molecule has 15 heavy (non-hydrogen) atoms. The summed E-state index contributed by atoms with van der Waals surface area (Å²) in [5, 5.41) is 4.16. The molecule has 0 aliphatic rings. The Labute approximate surface area is 86.5 Å². The normalized spacial score (nSPS) is 10.2. The van der Waals surface area contributed by atoms with Crippen molar-refractivity contribution in [1.29, 1.82) is 0 Å². The van der Waals surface area contributed by atoms with Crippen LogP contribution in [0.3, 0.4) is 0 Å². The van der Waals surface area contributed by atoms with Crippen LogP contribution in [0, 0.1) is 0 Å². The van der Waals surface area contributed by atoms with Crippen LogP contribution in [-0.2, 0) is 7.05 Å². The summed E-state index contributed by atoms with van der Waals surface area (Å²) in [4.78, 5) is 15.1. The molecular formula is C10H10N4O. The van der Waals surface area contributed by atoms with Gasteiger partial charge in [-0.05, 0) is 18.2 Å². The highest BCUT2D eigenvalue weighted by Gasteiger charge is 2.11. The third-order valence-corrected chi connectivity index (χ3v) is 2.06. The lowest BCUT2D eigenvalue weighted by Crippen LogP contribution is -2.15. The molecule has 0 fully saturated rings. The first-order chi connectivity index (χ1) is 7.18. The van der Waals surface area contributed by atoms with E-state index in [9.17, 15) is 4.79 Å². The van der Waals surface area contributed by atoms with E-state index in [1.165, 1.54) is 4.68 Å². The molecule has 0 unspecified atom stereocenters. The molecule has 0 bridgehead atoms. The number of aromatic nitrogens is 3. The summed E-state index contributed by atoms with van der Waals surface area (Å²) in [6.45, 7) is 0. The Balaban J connectivity index is 2.48. The molecule has 0 spiro atoms. The molecular weight excluding hydrogens is 192 g/mol. The number of nitrogens with two attached hydrogens (primary N) is 1. The van der Waals surface area contributed by atoms with E-state index in [1.54, 1.807) is 19.3 Å². The molecule has 5 nitrogen and oxygen atoms in total. The lowest BCUT2D eigenvalue weighted by atomic mass is 10.2. The molecule has 0 radical (unpaired) electrons. The average molecular weight is 202 g/mol. The number of rotatable bonds is 2. The molecule has 2 aromatic rings. The van der Waals surface area contributed by atoms with Crippen LogP contribution in [0.4, 0.5) is 0 Å². The van der Waals surface area contributed by atoms with Gasteiger partial charge < -0.3 is 5.73 Å². The van der Waals surface area contributed by atoms with Gasteiger partial charge in [-0.3, -0.25) is 14.5 Å². The number of primary amides is 1. The summed E-state index contributed by atoms with van der Waals surface area (Å²) >= 11 is 0. The first-order valence-electron chi connectivity index (χ1n) is 4.44. The second kappa shape index (κ2) is 3.53. The molecule has 5 heteroatoms. The number of carbonyl (C=O) groups is 1. The Hall–Kier alpha value is -2.17. The predicted octanol–water partition coefficient (Wildman–Crippen LogP) is 0.581. The number of amides is 1. The summed E-state index contributed by atoms with van der Waals surface area (Å²) in [6.07, 6.45) is 1.67.